The molecule has 1 fully saturated rings. The number of nitrogen functional groups attached to an aromatic ring is 1. The van der Waals surface area contributed by atoms with Crippen LogP contribution in [0.15, 0.2) is 18.2 Å². The second-order valence-corrected chi connectivity index (χ2v) is 5.01. The van der Waals surface area contributed by atoms with Crippen molar-refractivity contribution in [3.8, 4) is 5.75 Å². The summed E-state index contributed by atoms with van der Waals surface area (Å²) in [7, 11) is 0. The highest BCUT2D eigenvalue weighted by Gasteiger charge is 2.26. The summed E-state index contributed by atoms with van der Waals surface area (Å²) in [5.41, 5.74) is 7.38. The Morgan fingerprint density at radius 1 is 1.44 bits per heavy atom. The van der Waals surface area contributed by atoms with E-state index in [1.807, 2.05) is 6.07 Å². The van der Waals surface area contributed by atoms with Gasteiger partial charge in [-0.3, -0.25) is 4.90 Å². The summed E-state index contributed by atoms with van der Waals surface area (Å²) in [6.07, 6.45) is 1.24. The third kappa shape index (κ3) is 2.30. The molecule has 0 radical (unpaired) electrons. The van der Waals surface area contributed by atoms with Crippen LogP contribution in [-0.2, 0) is 6.54 Å². The van der Waals surface area contributed by atoms with Crippen LogP contribution in [0, 0.1) is 5.92 Å². The minimum atomic E-state index is 0.348. The van der Waals surface area contributed by atoms with Gasteiger partial charge in [0.1, 0.15) is 5.75 Å². The molecule has 3 N–H and O–H groups in total. The van der Waals surface area contributed by atoms with Crippen molar-refractivity contribution in [1.29, 1.82) is 0 Å². The zero-order valence-electron chi connectivity index (χ0n) is 9.98. The number of likely N-dealkylation sites (tertiary alicyclic amines) is 1. The molecule has 2 rings (SSSR count). The molecule has 1 aromatic carbocycles. The van der Waals surface area contributed by atoms with Crippen molar-refractivity contribution in [1.82, 2.24) is 4.90 Å². The lowest BCUT2D eigenvalue weighted by Gasteiger charge is -2.21. The molecule has 2 atom stereocenters. The molecule has 3 heteroatoms. The maximum atomic E-state index is 9.77. The quantitative estimate of drug-likeness (QED) is 0.593. The van der Waals surface area contributed by atoms with E-state index >= 15 is 0 Å². The number of hydrogen-bond acceptors (Lipinski definition) is 3. The summed E-state index contributed by atoms with van der Waals surface area (Å²) >= 11 is 0. The Balaban J connectivity index is 2.11. The number of nitrogens with zero attached hydrogens (tertiary/aromatic N) is 1. The largest absolute Gasteiger partial charge is 0.508 e. The molecule has 2 unspecified atom stereocenters. The Morgan fingerprint density at radius 2 is 2.19 bits per heavy atom. The Labute approximate surface area is 96.9 Å². The summed E-state index contributed by atoms with van der Waals surface area (Å²) in [6.45, 7) is 6.42. The fourth-order valence-electron chi connectivity index (χ4n) is 2.56. The van der Waals surface area contributed by atoms with Crippen LogP contribution in [0.4, 0.5) is 5.69 Å². The molecule has 0 bridgehead atoms. The van der Waals surface area contributed by atoms with Crippen molar-refractivity contribution < 1.29 is 5.11 Å². The summed E-state index contributed by atoms with van der Waals surface area (Å²) in [5.74, 6) is 1.10. The average Bonchev–Trinajstić information content (AvgIpc) is 2.51. The fraction of sp³-hybridized carbons (Fsp3) is 0.538. The number of phenols is 1. The Bertz CT molecular complexity index is 378. The maximum absolute atomic E-state index is 9.77. The van der Waals surface area contributed by atoms with Crippen molar-refractivity contribution >= 4 is 5.69 Å². The van der Waals surface area contributed by atoms with Crippen LogP contribution in [0.25, 0.3) is 0 Å². The lowest BCUT2D eigenvalue weighted by molar-refractivity contribution is 0.253. The van der Waals surface area contributed by atoms with Crippen molar-refractivity contribution in [3.63, 3.8) is 0 Å². The van der Waals surface area contributed by atoms with Crippen molar-refractivity contribution in [3.05, 3.63) is 23.8 Å². The molecule has 1 saturated heterocycles. The molecule has 1 aliphatic rings. The molecule has 1 aliphatic heterocycles. The van der Waals surface area contributed by atoms with E-state index in [9.17, 15) is 5.11 Å². The Kier molecular flexibility index (Phi) is 3.06. The van der Waals surface area contributed by atoms with E-state index in [4.69, 9.17) is 5.73 Å². The van der Waals surface area contributed by atoms with Crippen molar-refractivity contribution in [2.24, 2.45) is 5.92 Å². The van der Waals surface area contributed by atoms with Gasteiger partial charge in [-0.05, 0) is 37.5 Å². The van der Waals surface area contributed by atoms with Gasteiger partial charge in [-0.1, -0.05) is 6.92 Å². The summed E-state index contributed by atoms with van der Waals surface area (Å²) in [6, 6.07) is 5.87. The summed E-state index contributed by atoms with van der Waals surface area (Å²) in [5, 5.41) is 9.77. The summed E-state index contributed by atoms with van der Waals surface area (Å²) in [4.78, 5) is 2.40. The second kappa shape index (κ2) is 4.34. The fourth-order valence-corrected chi connectivity index (χ4v) is 2.56. The molecule has 16 heavy (non-hydrogen) atoms. The third-order valence-electron chi connectivity index (χ3n) is 3.39. The zero-order chi connectivity index (χ0) is 11.7. The smallest absolute Gasteiger partial charge is 0.120 e. The van der Waals surface area contributed by atoms with Crippen LogP contribution >= 0.6 is 0 Å². The third-order valence-corrected chi connectivity index (χ3v) is 3.39. The zero-order valence-corrected chi connectivity index (χ0v) is 9.98. The maximum Gasteiger partial charge on any atom is 0.120 e. The number of nitrogens with two attached hydrogens (primary N) is 1. The first-order chi connectivity index (χ1) is 7.56. The first kappa shape index (κ1) is 11.3. The molecule has 3 nitrogen and oxygen atoms in total. The van der Waals surface area contributed by atoms with Crippen molar-refractivity contribution in [2.45, 2.75) is 32.9 Å². The standard InChI is InChI=1S/C13H20N2O/c1-9-5-10(2)15(7-9)8-11-6-12(14)3-4-13(11)16/h3-4,6,9-10,16H,5,7-8,14H2,1-2H3. The molecule has 1 heterocycles. The van der Waals surface area contributed by atoms with E-state index in [1.165, 1.54) is 6.42 Å². The van der Waals surface area contributed by atoms with Gasteiger partial charge in [0.2, 0.25) is 0 Å². The van der Waals surface area contributed by atoms with Gasteiger partial charge in [-0.2, -0.15) is 0 Å². The molecule has 88 valence electrons. The number of benzene rings is 1. The van der Waals surface area contributed by atoms with Crippen LogP contribution in [0.2, 0.25) is 0 Å². The minimum Gasteiger partial charge on any atom is -0.508 e. The molecular weight excluding hydrogens is 200 g/mol. The lowest BCUT2D eigenvalue weighted by Crippen LogP contribution is -2.26. The first-order valence-corrected chi connectivity index (χ1v) is 5.87. The topological polar surface area (TPSA) is 49.5 Å². The minimum absolute atomic E-state index is 0.348. The van der Waals surface area contributed by atoms with Gasteiger partial charge in [0.15, 0.2) is 0 Å². The summed E-state index contributed by atoms with van der Waals surface area (Å²) < 4.78 is 0. The van der Waals surface area contributed by atoms with Crippen LogP contribution in [0.3, 0.4) is 0 Å². The number of anilines is 1. The first-order valence-electron chi connectivity index (χ1n) is 5.87. The normalized spacial score (nSPS) is 26.1. The molecule has 0 aliphatic carbocycles. The SMILES string of the molecule is CC1CC(C)N(Cc2cc(N)ccc2O)C1. The lowest BCUT2D eigenvalue weighted by atomic mass is 10.1. The number of hydrogen-bond donors (Lipinski definition) is 2. The van der Waals surface area contributed by atoms with Gasteiger partial charge in [0, 0.05) is 30.4 Å². The highest BCUT2D eigenvalue weighted by Crippen LogP contribution is 2.27. The number of rotatable bonds is 2. The Hall–Kier alpha value is -1.22. The number of aromatic hydroxyl groups is 1. The molecule has 0 saturated carbocycles. The van der Waals surface area contributed by atoms with Gasteiger partial charge in [-0.25, -0.2) is 0 Å². The van der Waals surface area contributed by atoms with Gasteiger partial charge in [-0.15, -0.1) is 0 Å². The monoisotopic (exact) mass is 220 g/mol. The molecule has 0 aromatic heterocycles. The second-order valence-electron chi connectivity index (χ2n) is 5.01. The van der Waals surface area contributed by atoms with E-state index in [1.54, 1.807) is 12.1 Å². The van der Waals surface area contributed by atoms with Crippen molar-refractivity contribution in [2.75, 3.05) is 12.3 Å². The van der Waals surface area contributed by atoms with Crippen LogP contribution in [0.1, 0.15) is 25.8 Å². The van der Waals surface area contributed by atoms with Crippen LogP contribution < -0.4 is 5.73 Å². The molecule has 0 amide bonds. The molecular formula is C13H20N2O. The predicted molar refractivity (Wildman–Crippen MR) is 66.2 cm³/mol. The van der Waals surface area contributed by atoms with Gasteiger partial charge in [0.25, 0.3) is 0 Å². The van der Waals surface area contributed by atoms with E-state index in [-0.39, 0.29) is 0 Å². The van der Waals surface area contributed by atoms with Gasteiger partial charge in [0.05, 0.1) is 0 Å². The Morgan fingerprint density at radius 3 is 2.81 bits per heavy atom. The number of phenolic OH excluding ortho intramolecular Hbond substituents is 1. The van der Waals surface area contributed by atoms with E-state index in [0.29, 0.717) is 17.5 Å². The van der Waals surface area contributed by atoms with Gasteiger partial charge >= 0.3 is 0 Å². The van der Waals surface area contributed by atoms with E-state index < -0.39 is 0 Å². The highest BCUT2D eigenvalue weighted by atomic mass is 16.3. The highest BCUT2D eigenvalue weighted by molar-refractivity contribution is 5.47. The average molecular weight is 220 g/mol. The van der Waals surface area contributed by atoms with Crippen LogP contribution in [0.5, 0.6) is 5.75 Å². The van der Waals surface area contributed by atoms with Crippen LogP contribution in [-0.4, -0.2) is 22.6 Å². The molecule has 0 spiro atoms. The van der Waals surface area contributed by atoms with E-state index in [2.05, 4.69) is 18.7 Å². The van der Waals surface area contributed by atoms with Gasteiger partial charge < -0.3 is 10.8 Å². The molecule has 1 aromatic rings. The predicted octanol–water partition coefficient (Wildman–Crippen LogP) is 2.20. The van der Waals surface area contributed by atoms with E-state index in [0.717, 1.165) is 24.6 Å².